The van der Waals surface area contributed by atoms with Crippen molar-refractivity contribution in [3.8, 4) is 0 Å². The zero-order chi connectivity index (χ0) is 12.1. The number of aromatic nitrogens is 1. The van der Waals surface area contributed by atoms with E-state index in [1.165, 1.54) is 22.5 Å². The highest BCUT2D eigenvalue weighted by atomic mass is 32.1. The highest BCUT2D eigenvalue weighted by molar-refractivity contribution is 7.11. The molecule has 17 heavy (non-hydrogen) atoms. The number of hydrogen-bond donors (Lipinski definition) is 1. The molecule has 1 N–H and O–H groups in total. The number of rotatable bonds is 5. The van der Waals surface area contributed by atoms with Gasteiger partial charge in [0.2, 0.25) is 0 Å². The lowest BCUT2D eigenvalue weighted by Crippen LogP contribution is -1.97. The van der Waals surface area contributed by atoms with Gasteiger partial charge in [-0.1, -0.05) is 25.5 Å². The predicted molar refractivity (Wildman–Crippen MR) is 74.6 cm³/mol. The van der Waals surface area contributed by atoms with Gasteiger partial charge in [-0.25, -0.2) is 4.98 Å². The average Bonchev–Trinajstić information content (AvgIpc) is 2.75. The van der Waals surface area contributed by atoms with Crippen molar-refractivity contribution >= 4 is 17.0 Å². The highest BCUT2D eigenvalue weighted by Gasteiger charge is 1.98. The zero-order valence-electron chi connectivity index (χ0n) is 10.4. The van der Waals surface area contributed by atoms with Gasteiger partial charge in [-0.05, 0) is 31.0 Å². The van der Waals surface area contributed by atoms with E-state index < -0.39 is 0 Å². The Balaban J connectivity index is 1.90. The Morgan fingerprint density at radius 3 is 2.59 bits per heavy atom. The van der Waals surface area contributed by atoms with E-state index in [-0.39, 0.29) is 0 Å². The van der Waals surface area contributed by atoms with Gasteiger partial charge in [-0.3, -0.25) is 0 Å². The van der Waals surface area contributed by atoms with Crippen molar-refractivity contribution in [2.45, 2.75) is 33.2 Å². The monoisotopic (exact) mass is 246 g/mol. The number of thiazole rings is 1. The Kier molecular flexibility index (Phi) is 4.15. The van der Waals surface area contributed by atoms with Crippen LogP contribution in [-0.2, 0) is 13.0 Å². The SMILES string of the molecule is CCCc1ccc(NCc2cnc(C)s2)cc1. The molecule has 0 fully saturated rings. The van der Waals surface area contributed by atoms with E-state index >= 15 is 0 Å². The first kappa shape index (κ1) is 12.1. The third-order valence-corrected chi connectivity index (χ3v) is 3.54. The molecule has 0 aliphatic carbocycles. The molecular weight excluding hydrogens is 228 g/mol. The van der Waals surface area contributed by atoms with Crippen LogP contribution in [0.3, 0.4) is 0 Å². The van der Waals surface area contributed by atoms with Gasteiger partial charge < -0.3 is 5.32 Å². The smallest absolute Gasteiger partial charge is 0.0897 e. The van der Waals surface area contributed by atoms with Crippen LogP contribution in [0.1, 0.15) is 28.8 Å². The van der Waals surface area contributed by atoms with Crippen LogP contribution >= 0.6 is 11.3 Å². The second-order valence-corrected chi connectivity index (χ2v) is 5.47. The Hall–Kier alpha value is -1.35. The van der Waals surface area contributed by atoms with Crippen LogP contribution in [0, 0.1) is 6.92 Å². The molecule has 1 aromatic heterocycles. The van der Waals surface area contributed by atoms with Gasteiger partial charge in [-0.2, -0.15) is 0 Å². The van der Waals surface area contributed by atoms with Gasteiger partial charge in [0.15, 0.2) is 0 Å². The number of aryl methyl sites for hydroxylation is 2. The zero-order valence-corrected chi connectivity index (χ0v) is 11.2. The second kappa shape index (κ2) is 5.82. The normalized spacial score (nSPS) is 10.5. The highest BCUT2D eigenvalue weighted by Crippen LogP contribution is 2.15. The maximum atomic E-state index is 4.25. The summed E-state index contributed by atoms with van der Waals surface area (Å²) in [6, 6.07) is 8.70. The summed E-state index contributed by atoms with van der Waals surface area (Å²) >= 11 is 1.74. The molecule has 0 radical (unpaired) electrons. The molecule has 1 heterocycles. The van der Waals surface area contributed by atoms with Crippen LogP contribution in [-0.4, -0.2) is 4.98 Å². The third kappa shape index (κ3) is 3.56. The lowest BCUT2D eigenvalue weighted by molar-refractivity contribution is 0.922. The van der Waals surface area contributed by atoms with E-state index in [2.05, 4.69) is 41.5 Å². The minimum absolute atomic E-state index is 0.860. The van der Waals surface area contributed by atoms with E-state index in [4.69, 9.17) is 0 Å². The molecule has 2 aromatic rings. The summed E-state index contributed by atoms with van der Waals surface area (Å²) in [4.78, 5) is 5.52. The van der Waals surface area contributed by atoms with Crippen molar-refractivity contribution in [2.24, 2.45) is 0 Å². The summed E-state index contributed by atoms with van der Waals surface area (Å²) in [5.74, 6) is 0. The van der Waals surface area contributed by atoms with Crippen molar-refractivity contribution in [1.82, 2.24) is 4.98 Å². The van der Waals surface area contributed by atoms with Crippen LogP contribution < -0.4 is 5.32 Å². The number of nitrogens with one attached hydrogen (secondary N) is 1. The largest absolute Gasteiger partial charge is 0.380 e. The molecule has 90 valence electrons. The quantitative estimate of drug-likeness (QED) is 0.862. The van der Waals surface area contributed by atoms with Gasteiger partial charge in [0.25, 0.3) is 0 Å². The predicted octanol–water partition coefficient (Wildman–Crippen LogP) is 4.02. The van der Waals surface area contributed by atoms with Crippen molar-refractivity contribution in [2.75, 3.05) is 5.32 Å². The summed E-state index contributed by atoms with van der Waals surface area (Å²) in [5, 5.41) is 4.54. The van der Waals surface area contributed by atoms with Crippen molar-refractivity contribution in [3.05, 3.63) is 45.9 Å². The fourth-order valence-electron chi connectivity index (χ4n) is 1.75. The van der Waals surface area contributed by atoms with Crippen LogP contribution in [0.25, 0.3) is 0 Å². The maximum Gasteiger partial charge on any atom is 0.0897 e. The van der Waals surface area contributed by atoms with Crippen molar-refractivity contribution < 1.29 is 0 Å². The Morgan fingerprint density at radius 2 is 2.00 bits per heavy atom. The van der Waals surface area contributed by atoms with Crippen LogP contribution in [0.5, 0.6) is 0 Å². The molecule has 2 rings (SSSR count). The van der Waals surface area contributed by atoms with E-state index in [0.29, 0.717) is 0 Å². The lowest BCUT2D eigenvalue weighted by Gasteiger charge is -2.05. The Bertz CT molecular complexity index is 459. The van der Waals surface area contributed by atoms with Crippen LogP contribution in [0.15, 0.2) is 30.5 Å². The summed E-state index contributed by atoms with van der Waals surface area (Å²) in [7, 11) is 0. The lowest BCUT2D eigenvalue weighted by atomic mass is 10.1. The van der Waals surface area contributed by atoms with Crippen LogP contribution in [0.4, 0.5) is 5.69 Å². The first-order chi connectivity index (χ1) is 8.28. The minimum Gasteiger partial charge on any atom is -0.380 e. The third-order valence-electron chi connectivity index (χ3n) is 2.63. The number of hydrogen-bond acceptors (Lipinski definition) is 3. The summed E-state index contributed by atoms with van der Waals surface area (Å²) < 4.78 is 0. The first-order valence-electron chi connectivity index (χ1n) is 6.02. The molecular formula is C14H18N2S. The number of benzene rings is 1. The van der Waals surface area contributed by atoms with E-state index in [0.717, 1.165) is 18.0 Å². The number of anilines is 1. The van der Waals surface area contributed by atoms with Crippen LogP contribution in [0.2, 0.25) is 0 Å². The standard InChI is InChI=1S/C14H18N2S/c1-3-4-12-5-7-13(8-6-12)16-10-14-9-15-11(2)17-14/h5-9,16H,3-4,10H2,1-2H3. The minimum atomic E-state index is 0.860. The molecule has 0 bridgehead atoms. The van der Waals surface area contributed by atoms with E-state index in [9.17, 15) is 0 Å². The summed E-state index contributed by atoms with van der Waals surface area (Å²) in [6.45, 7) is 5.10. The van der Waals surface area contributed by atoms with E-state index in [1.54, 1.807) is 11.3 Å². The summed E-state index contributed by atoms with van der Waals surface area (Å²) in [6.07, 6.45) is 4.31. The molecule has 2 nitrogen and oxygen atoms in total. The number of nitrogens with zero attached hydrogens (tertiary/aromatic N) is 1. The molecule has 3 heteroatoms. The molecule has 0 unspecified atom stereocenters. The molecule has 1 aromatic carbocycles. The fourth-order valence-corrected chi connectivity index (χ4v) is 2.49. The van der Waals surface area contributed by atoms with Gasteiger partial charge in [0.05, 0.1) is 11.6 Å². The van der Waals surface area contributed by atoms with Crippen molar-refractivity contribution in [1.29, 1.82) is 0 Å². The Labute approximate surface area is 107 Å². The Morgan fingerprint density at radius 1 is 1.24 bits per heavy atom. The topological polar surface area (TPSA) is 24.9 Å². The maximum absolute atomic E-state index is 4.25. The van der Waals surface area contributed by atoms with Gasteiger partial charge in [0, 0.05) is 16.8 Å². The van der Waals surface area contributed by atoms with Crippen molar-refractivity contribution in [3.63, 3.8) is 0 Å². The van der Waals surface area contributed by atoms with Gasteiger partial charge in [0.1, 0.15) is 0 Å². The van der Waals surface area contributed by atoms with Gasteiger partial charge >= 0.3 is 0 Å². The molecule has 0 saturated heterocycles. The van der Waals surface area contributed by atoms with Gasteiger partial charge in [-0.15, -0.1) is 11.3 Å². The fraction of sp³-hybridized carbons (Fsp3) is 0.357. The molecule has 0 atom stereocenters. The molecule has 0 aliphatic rings. The second-order valence-electron chi connectivity index (χ2n) is 4.15. The summed E-state index contributed by atoms with van der Waals surface area (Å²) in [5.41, 5.74) is 2.59. The average molecular weight is 246 g/mol. The molecule has 0 aliphatic heterocycles. The molecule has 0 saturated carbocycles. The molecule has 0 amide bonds. The van der Waals surface area contributed by atoms with E-state index in [1.807, 2.05) is 13.1 Å². The molecule has 0 spiro atoms. The first-order valence-corrected chi connectivity index (χ1v) is 6.83.